The number of rotatable bonds is 33. The van der Waals surface area contributed by atoms with Gasteiger partial charge >= 0.3 is 0 Å². The van der Waals surface area contributed by atoms with Crippen LogP contribution >= 0.6 is 0 Å². The highest BCUT2D eigenvalue weighted by Gasteiger charge is 2.56. The van der Waals surface area contributed by atoms with Crippen molar-refractivity contribution in [1.29, 1.82) is 0 Å². The van der Waals surface area contributed by atoms with Gasteiger partial charge in [-0.15, -0.1) is 13.2 Å². The number of hydrogen-bond acceptors (Lipinski definition) is 11. The van der Waals surface area contributed by atoms with Gasteiger partial charge in [-0.05, 0) is 129 Å². The third kappa shape index (κ3) is 14.9. The van der Waals surface area contributed by atoms with E-state index >= 15 is 0 Å². The van der Waals surface area contributed by atoms with Crippen molar-refractivity contribution in [2.75, 3.05) is 13.7 Å². The van der Waals surface area contributed by atoms with Crippen molar-refractivity contribution in [2.45, 2.75) is 305 Å². The number of hydrogen-bond donors (Lipinski definition) is 1. The van der Waals surface area contributed by atoms with E-state index in [0.29, 0.717) is 38.2 Å². The molecule has 426 valence electrons. The van der Waals surface area contributed by atoms with Crippen LogP contribution in [0, 0.1) is 11.8 Å². The first-order valence-corrected chi connectivity index (χ1v) is 37.9. The van der Waals surface area contributed by atoms with Gasteiger partial charge < -0.3 is 51.5 Å². The average molecular weight is 1090 g/mol. The Morgan fingerprint density at radius 1 is 0.689 bits per heavy atom. The molecule has 6 rings (SSSR count). The Hall–Kier alpha value is -0.829. The molecule has 6 aliphatic heterocycles. The Labute approximate surface area is 454 Å². The second kappa shape index (κ2) is 28.5. The van der Waals surface area contributed by atoms with Crippen molar-refractivity contribution < 1.29 is 51.5 Å². The molecule has 74 heavy (non-hydrogen) atoms. The molecule has 0 aromatic rings. The Kier molecular flexibility index (Phi) is 24.1. The Morgan fingerprint density at radius 2 is 1.34 bits per heavy atom. The van der Waals surface area contributed by atoms with E-state index in [1.165, 1.54) is 5.57 Å². The van der Waals surface area contributed by atoms with Crippen molar-refractivity contribution in [3.05, 3.63) is 49.6 Å². The second-order valence-corrected chi connectivity index (χ2v) is 38.0. The fraction of sp³-hybridized carbons (Fsp3) is 0.867. The van der Waals surface area contributed by atoms with Gasteiger partial charge in [-0.2, -0.15) is 0 Å². The van der Waals surface area contributed by atoms with Crippen LogP contribution in [0.4, 0.5) is 0 Å². The lowest BCUT2D eigenvalue weighted by Gasteiger charge is -2.46. The molecule has 1 N–H and O–H groups in total. The number of aliphatic hydroxyl groups is 1. The predicted molar refractivity (Wildman–Crippen MR) is 307 cm³/mol. The van der Waals surface area contributed by atoms with Crippen molar-refractivity contribution in [2.24, 2.45) is 11.8 Å². The Morgan fingerprint density at radius 3 is 1.96 bits per heavy atom. The molecule has 6 saturated heterocycles. The second-order valence-electron chi connectivity index (χ2n) is 23.7. The van der Waals surface area contributed by atoms with E-state index in [2.05, 4.69) is 95.6 Å². The summed E-state index contributed by atoms with van der Waals surface area (Å²) in [5, 5.41) is 11.3. The first kappa shape index (κ1) is 62.4. The van der Waals surface area contributed by atoms with E-state index < -0.39 is 36.8 Å². The summed E-state index contributed by atoms with van der Waals surface area (Å²) in [5.74, 6) is -0.395. The smallest absolute Gasteiger partial charge is 0.192 e. The Balaban J connectivity index is 1.09. The minimum absolute atomic E-state index is 0.0104. The lowest BCUT2D eigenvalue weighted by molar-refractivity contribution is -0.256. The molecule has 14 heteroatoms. The number of methoxy groups -OCH3 is 1. The van der Waals surface area contributed by atoms with Crippen LogP contribution in [0.3, 0.4) is 0 Å². The maximum atomic E-state index is 11.3. The van der Waals surface area contributed by atoms with Crippen LogP contribution in [0.25, 0.3) is 0 Å². The molecule has 6 fully saturated rings. The van der Waals surface area contributed by atoms with Crippen LogP contribution in [-0.2, 0) is 46.4 Å². The van der Waals surface area contributed by atoms with Crippen molar-refractivity contribution in [3.8, 4) is 0 Å². The summed E-state index contributed by atoms with van der Waals surface area (Å²) in [4.78, 5) is 0. The highest BCUT2D eigenvalue weighted by molar-refractivity contribution is 6.74. The van der Waals surface area contributed by atoms with Gasteiger partial charge in [0, 0.05) is 45.1 Å². The normalized spacial score (nSPS) is 35.5. The molecule has 0 amide bonds. The minimum atomic E-state index is -1.98. The average Bonchev–Trinajstić information content (AvgIpc) is 4.07. The highest BCUT2D eigenvalue weighted by Crippen LogP contribution is 2.49. The van der Waals surface area contributed by atoms with Crippen LogP contribution in [0.15, 0.2) is 49.6 Å². The summed E-state index contributed by atoms with van der Waals surface area (Å²) >= 11 is 0. The van der Waals surface area contributed by atoms with Crippen LogP contribution in [0.2, 0.25) is 54.4 Å². The van der Waals surface area contributed by atoms with Crippen LogP contribution < -0.4 is 0 Å². The molecule has 0 radical (unpaired) electrons. The van der Waals surface area contributed by atoms with Gasteiger partial charge in [0.1, 0.15) is 0 Å². The van der Waals surface area contributed by atoms with Gasteiger partial charge in [-0.25, -0.2) is 0 Å². The molecule has 6 aliphatic rings. The number of ether oxygens (including phenoxy) is 7. The summed E-state index contributed by atoms with van der Waals surface area (Å²) < 4.78 is 70.0. The van der Waals surface area contributed by atoms with Gasteiger partial charge in [0.15, 0.2) is 30.7 Å². The van der Waals surface area contributed by atoms with Gasteiger partial charge in [0.05, 0.1) is 92.1 Å². The van der Waals surface area contributed by atoms with Gasteiger partial charge in [0.25, 0.3) is 0 Å². The topological polar surface area (TPSA) is 113 Å². The Bertz CT molecular complexity index is 1730. The van der Waals surface area contributed by atoms with Crippen molar-refractivity contribution >= 4 is 25.0 Å². The van der Waals surface area contributed by atoms with Crippen molar-refractivity contribution in [3.63, 3.8) is 0 Å². The number of fused-ring (bicyclic) bond motifs is 5. The standard InChI is InChI=1S/C60H108O11Si3/c1-16-27-45(61)37-49-54(67-56(58(49)62-15)38-48(70-73(21-6,22-7)23-8)41-63-72(18-3,19-4)20-5)39-53-44(14)42(12)35-46(65-53)29-30-50-43(13)36-47(64-50)31-33-60-34-32-51(68-60)55-40-57(69-60)59(52(66-55)28-17-2)71-74(24-9,25-10)26-11/h16-17,42,45-59,61H,1-2,13-14,18-41H2,3-12,15H3/t42?,45?,46?,47?,48-,49?,50-,51-,52-,53+,54?,55+,56?,57+,58+,59?,60-/m0/s1. The largest absolute Gasteiger partial charge is 0.414 e. The molecular weight excluding hydrogens is 981 g/mol. The summed E-state index contributed by atoms with van der Waals surface area (Å²) in [6.45, 7) is 40.8. The fourth-order valence-corrected chi connectivity index (χ4v) is 22.6. The van der Waals surface area contributed by atoms with Crippen LogP contribution in [0.5, 0.6) is 0 Å². The molecule has 17 atom stereocenters. The van der Waals surface area contributed by atoms with Crippen molar-refractivity contribution in [1.82, 2.24) is 0 Å². The highest BCUT2D eigenvalue weighted by atomic mass is 28.4. The fourth-order valence-electron chi connectivity index (χ4n) is 14.1. The summed E-state index contributed by atoms with van der Waals surface area (Å²) in [7, 11) is -3.98. The van der Waals surface area contributed by atoms with Crippen LogP contribution in [0.1, 0.15) is 159 Å². The zero-order valence-electron chi connectivity index (χ0n) is 48.7. The summed E-state index contributed by atoms with van der Waals surface area (Å²) in [6.07, 6.45) is 13.2. The zero-order chi connectivity index (χ0) is 53.8. The molecule has 11 nitrogen and oxygen atoms in total. The van der Waals surface area contributed by atoms with E-state index in [0.717, 1.165) is 124 Å². The van der Waals surface area contributed by atoms with E-state index in [4.69, 9.17) is 46.4 Å². The molecule has 0 spiro atoms. The third-order valence-corrected chi connectivity index (χ3v) is 33.8. The summed E-state index contributed by atoms with van der Waals surface area (Å²) in [6, 6.07) is 9.78. The molecule has 8 unspecified atom stereocenters. The molecule has 0 aliphatic carbocycles. The van der Waals surface area contributed by atoms with E-state index in [1.807, 2.05) is 6.08 Å². The molecule has 6 heterocycles. The molecule has 4 bridgehead atoms. The first-order chi connectivity index (χ1) is 35.5. The van der Waals surface area contributed by atoms with E-state index in [-0.39, 0.29) is 85.3 Å². The number of aliphatic hydroxyl groups excluding tert-OH is 1. The van der Waals surface area contributed by atoms with Gasteiger partial charge in [0.2, 0.25) is 0 Å². The van der Waals surface area contributed by atoms with Gasteiger partial charge in [-0.1, -0.05) is 94.5 Å². The molecule has 0 aromatic heterocycles. The molecule has 0 aromatic carbocycles. The lowest BCUT2D eigenvalue weighted by atomic mass is 9.81. The van der Waals surface area contributed by atoms with E-state index in [9.17, 15) is 5.11 Å². The van der Waals surface area contributed by atoms with Gasteiger partial charge in [-0.3, -0.25) is 0 Å². The lowest BCUT2D eigenvalue weighted by Crippen LogP contribution is -2.57. The van der Waals surface area contributed by atoms with Crippen LogP contribution in [-0.4, -0.2) is 135 Å². The SMILES string of the molecule is C=CCC(O)CC1C(C[C@H]2OC(CC[C@@H]3OC(CC[C@]45CC[C@H](O4)[C@H]4C[C@@H](O5)C(O[Si](CC)(CC)CC)[C@H](CC=C)O4)CC3=C)CC(C)C2=C)OC(C[C@@H](CO[Si](CC)(CC)CC)O[Si](CC)(CC)CC)[C@@H]1OC. The maximum absolute atomic E-state index is 11.3. The predicted octanol–water partition coefficient (Wildman–Crippen LogP) is 13.9. The minimum Gasteiger partial charge on any atom is -0.414 e. The maximum Gasteiger partial charge on any atom is 0.192 e. The monoisotopic (exact) mass is 1090 g/mol. The molecular formula is C60H108O11Si3. The first-order valence-electron chi connectivity index (χ1n) is 30.3. The third-order valence-electron chi connectivity index (χ3n) is 19.8. The molecule has 0 saturated carbocycles. The quantitative estimate of drug-likeness (QED) is 0.0501. The van der Waals surface area contributed by atoms with E-state index in [1.54, 1.807) is 13.2 Å². The zero-order valence-corrected chi connectivity index (χ0v) is 51.7. The summed E-state index contributed by atoms with van der Waals surface area (Å²) in [5.41, 5.74) is 2.29.